The van der Waals surface area contributed by atoms with Crippen molar-refractivity contribution in [1.29, 1.82) is 0 Å². The molecule has 0 spiro atoms. The lowest BCUT2D eigenvalue weighted by molar-refractivity contribution is 0.113. The summed E-state index contributed by atoms with van der Waals surface area (Å²) in [6.07, 6.45) is 7.26. The molecule has 2 rings (SSSR count). The van der Waals surface area contributed by atoms with Crippen molar-refractivity contribution in [3.8, 4) is 0 Å². The van der Waals surface area contributed by atoms with Gasteiger partial charge in [-0.2, -0.15) is 0 Å². The van der Waals surface area contributed by atoms with Crippen LogP contribution in [0.1, 0.15) is 32.3 Å². The first-order valence-corrected chi connectivity index (χ1v) is 8.12. The second-order valence-corrected chi connectivity index (χ2v) is 6.10. The highest BCUT2D eigenvalue weighted by atomic mass is 32.1. The largest absolute Gasteiger partial charge is 0.376 e. The van der Waals surface area contributed by atoms with Crippen LogP contribution in [-0.2, 0) is 11.2 Å². The van der Waals surface area contributed by atoms with Crippen molar-refractivity contribution in [3.05, 3.63) is 30.1 Å². The Morgan fingerprint density at radius 3 is 2.86 bits per heavy atom. The molecule has 4 nitrogen and oxygen atoms in total. The Balaban J connectivity index is 1.81. The monoisotopic (exact) mass is 307 g/mol. The molecule has 0 radical (unpaired) electrons. The minimum absolute atomic E-state index is 0.317. The van der Waals surface area contributed by atoms with Gasteiger partial charge in [-0.15, -0.1) is 0 Å². The predicted molar refractivity (Wildman–Crippen MR) is 89.4 cm³/mol. The number of hydrogen-bond acceptors (Lipinski definition) is 3. The minimum Gasteiger partial charge on any atom is -0.376 e. The zero-order valence-electron chi connectivity index (χ0n) is 12.9. The minimum atomic E-state index is 0.317. The molecule has 0 amide bonds. The van der Waals surface area contributed by atoms with Crippen LogP contribution in [-0.4, -0.2) is 46.8 Å². The second-order valence-electron chi connectivity index (χ2n) is 5.71. The molecule has 0 bridgehead atoms. The first kappa shape index (κ1) is 16.2. The van der Waals surface area contributed by atoms with E-state index < -0.39 is 0 Å². The van der Waals surface area contributed by atoms with Crippen LogP contribution in [0.5, 0.6) is 0 Å². The van der Waals surface area contributed by atoms with E-state index in [0.717, 1.165) is 44.1 Å². The van der Waals surface area contributed by atoms with Gasteiger partial charge in [-0.25, -0.2) is 0 Å². The first-order chi connectivity index (χ1) is 10.2. The first-order valence-electron chi connectivity index (χ1n) is 7.72. The van der Waals surface area contributed by atoms with Gasteiger partial charge >= 0.3 is 0 Å². The number of hydrogen-bond donors (Lipinski definition) is 1. The van der Waals surface area contributed by atoms with E-state index in [-0.39, 0.29) is 0 Å². The number of thiocarbonyl (C=S) groups is 1. The van der Waals surface area contributed by atoms with E-state index in [1.165, 1.54) is 5.56 Å². The molecule has 1 aliphatic rings. The van der Waals surface area contributed by atoms with Crippen LogP contribution in [0.3, 0.4) is 0 Å². The topological polar surface area (TPSA) is 37.4 Å². The van der Waals surface area contributed by atoms with E-state index in [9.17, 15) is 0 Å². The molecule has 2 heterocycles. The standard InChI is InChI=1S/C16H25N3OS/c1-13(2)19(10-7-14-5-8-17-9-6-14)16(21)18-12-15-4-3-11-20-15/h5-6,8-9,13,15H,3-4,7,10-12H2,1-2H3,(H,18,21). The van der Waals surface area contributed by atoms with Gasteiger partial charge < -0.3 is 15.0 Å². The molecule has 1 aromatic rings. The van der Waals surface area contributed by atoms with Crippen LogP contribution < -0.4 is 5.32 Å². The summed E-state index contributed by atoms with van der Waals surface area (Å²) in [6, 6.07) is 4.50. The van der Waals surface area contributed by atoms with Crippen molar-refractivity contribution in [2.75, 3.05) is 19.7 Å². The van der Waals surface area contributed by atoms with Crippen LogP contribution in [0.4, 0.5) is 0 Å². The highest BCUT2D eigenvalue weighted by molar-refractivity contribution is 7.80. The third-order valence-corrected chi connectivity index (χ3v) is 4.16. The van der Waals surface area contributed by atoms with Crippen LogP contribution in [0.2, 0.25) is 0 Å². The zero-order chi connectivity index (χ0) is 15.1. The Morgan fingerprint density at radius 2 is 2.24 bits per heavy atom. The summed E-state index contributed by atoms with van der Waals surface area (Å²) in [4.78, 5) is 6.29. The molecule has 0 saturated carbocycles. The van der Waals surface area contributed by atoms with E-state index in [1.54, 1.807) is 0 Å². The van der Waals surface area contributed by atoms with E-state index in [1.807, 2.05) is 12.4 Å². The lowest BCUT2D eigenvalue weighted by Gasteiger charge is -2.30. The maximum atomic E-state index is 5.63. The van der Waals surface area contributed by atoms with E-state index in [2.05, 4.69) is 41.2 Å². The highest BCUT2D eigenvalue weighted by Crippen LogP contribution is 2.11. The van der Waals surface area contributed by atoms with Gasteiger partial charge in [0.1, 0.15) is 0 Å². The molecule has 1 aromatic heterocycles. The summed E-state index contributed by atoms with van der Waals surface area (Å²) in [5, 5.41) is 4.19. The smallest absolute Gasteiger partial charge is 0.169 e. The lowest BCUT2D eigenvalue weighted by Crippen LogP contribution is -2.46. The molecule has 0 aliphatic carbocycles. The average molecular weight is 307 g/mol. The van der Waals surface area contributed by atoms with Gasteiger partial charge in [-0.1, -0.05) is 0 Å². The summed E-state index contributed by atoms with van der Waals surface area (Å²) in [7, 11) is 0. The van der Waals surface area contributed by atoms with Crippen molar-refractivity contribution < 1.29 is 4.74 Å². The molecule has 5 heteroatoms. The summed E-state index contributed by atoms with van der Waals surface area (Å²) >= 11 is 5.55. The van der Waals surface area contributed by atoms with Gasteiger partial charge in [-0.3, -0.25) is 4.98 Å². The van der Waals surface area contributed by atoms with Gasteiger partial charge in [0.05, 0.1) is 6.10 Å². The molecule has 1 fully saturated rings. The normalized spacial score (nSPS) is 18.0. The van der Waals surface area contributed by atoms with E-state index in [4.69, 9.17) is 17.0 Å². The molecule has 0 aromatic carbocycles. The van der Waals surface area contributed by atoms with Crippen molar-refractivity contribution in [1.82, 2.24) is 15.2 Å². The van der Waals surface area contributed by atoms with Crippen LogP contribution in [0.15, 0.2) is 24.5 Å². The van der Waals surface area contributed by atoms with Crippen LogP contribution in [0.25, 0.3) is 0 Å². The number of nitrogens with one attached hydrogen (secondary N) is 1. The van der Waals surface area contributed by atoms with Crippen molar-refractivity contribution in [2.45, 2.75) is 45.3 Å². The van der Waals surface area contributed by atoms with E-state index >= 15 is 0 Å². The van der Waals surface area contributed by atoms with Gasteiger partial charge in [0, 0.05) is 38.1 Å². The molecular formula is C16H25N3OS. The molecular weight excluding hydrogens is 282 g/mol. The predicted octanol–water partition coefficient (Wildman–Crippen LogP) is 2.39. The van der Waals surface area contributed by atoms with Gasteiger partial charge in [0.15, 0.2) is 5.11 Å². The molecule has 1 atom stereocenters. The Hall–Kier alpha value is -1.20. The third-order valence-electron chi connectivity index (χ3n) is 3.78. The number of rotatable bonds is 6. The number of aromatic nitrogens is 1. The Labute approximate surface area is 132 Å². The molecule has 116 valence electrons. The van der Waals surface area contributed by atoms with Crippen LogP contribution >= 0.6 is 12.2 Å². The summed E-state index contributed by atoms with van der Waals surface area (Å²) in [5.41, 5.74) is 1.29. The average Bonchev–Trinajstić information content (AvgIpc) is 2.99. The molecule has 1 aliphatic heterocycles. The fraction of sp³-hybridized carbons (Fsp3) is 0.625. The fourth-order valence-electron chi connectivity index (χ4n) is 2.50. The Kier molecular flexibility index (Phi) is 6.39. The zero-order valence-corrected chi connectivity index (χ0v) is 13.7. The van der Waals surface area contributed by atoms with Crippen molar-refractivity contribution in [2.24, 2.45) is 0 Å². The van der Waals surface area contributed by atoms with Gasteiger partial charge in [-0.05, 0) is 63.0 Å². The van der Waals surface area contributed by atoms with E-state index in [0.29, 0.717) is 12.1 Å². The Bertz CT molecular complexity index is 432. The second kappa shape index (κ2) is 8.29. The molecule has 21 heavy (non-hydrogen) atoms. The summed E-state index contributed by atoms with van der Waals surface area (Å²) < 4.78 is 5.63. The molecule has 1 unspecified atom stereocenters. The lowest BCUT2D eigenvalue weighted by atomic mass is 10.2. The fourth-order valence-corrected chi connectivity index (χ4v) is 2.89. The quantitative estimate of drug-likeness (QED) is 0.817. The van der Waals surface area contributed by atoms with Gasteiger partial charge in [0.25, 0.3) is 0 Å². The summed E-state index contributed by atoms with van der Waals surface area (Å²) in [6.45, 7) is 6.96. The van der Waals surface area contributed by atoms with Crippen LogP contribution in [0, 0.1) is 0 Å². The Morgan fingerprint density at radius 1 is 1.48 bits per heavy atom. The maximum Gasteiger partial charge on any atom is 0.169 e. The number of pyridine rings is 1. The molecule has 1 saturated heterocycles. The van der Waals surface area contributed by atoms with Gasteiger partial charge in [0.2, 0.25) is 0 Å². The number of nitrogens with zero attached hydrogens (tertiary/aromatic N) is 2. The summed E-state index contributed by atoms with van der Waals surface area (Å²) in [5.74, 6) is 0. The van der Waals surface area contributed by atoms with Crippen molar-refractivity contribution >= 4 is 17.3 Å². The molecule has 1 N–H and O–H groups in total. The third kappa shape index (κ3) is 5.25. The highest BCUT2D eigenvalue weighted by Gasteiger charge is 2.18. The number of ether oxygens (including phenoxy) is 1. The maximum absolute atomic E-state index is 5.63. The van der Waals surface area contributed by atoms with Crippen molar-refractivity contribution in [3.63, 3.8) is 0 Å². The SMILES string of the molecule is CC(C)N(CCc1ccncc1)C(=S)NCC1CCCO1.